The molecule has 1 unspecified atom stereocenters. The molecule has 1 aliphatic rings. The summed E-state index contributed by atoms with van der Waals surface area (Å²) in [4.78, 5) is 16.4. The molecular formula is C12H25N3O. The van der Waals surface area contributed by atoms with Gasteiger partial charge in [0.2, 0.25) is 5.91 Å². The van der Waals surface area contributed by atoms with E-state index in [1.807, 2.05) is 11.8 Å². The van der Waals surface area contributed by atoms with Crippen LogP contribution >= 0.6 is 0 Å². The molecule has 0 spiro atoms. The van der Waals surface area contributed by atoms with Gasteiger partial charge in [-0.1, -0.05) is 13.3 Å². The minimum absolute atomic E-state index is 0.115. The summed E-state index contributed by atoms with van der Waals surface area (Å²) in [5.74, 6) is 0.115. The number of nitrogens with zero attached hydrogens (tertiary/aromatic N) is 2. The number of amides is 1. The number of carbonyl (C=O) groups is 1. The Balaban J connectivity index is 2.58. The Bertz CT molecular complexity index is 240. The zero-order chi connectivity index (χ0) is 12.2. The summed E-state index contributed by atoms with van der Waals surface area (Å²) < 4.78 is 0. The van der Waals surface area contributed by atoms with Crippen LogP contribution in [-0.4, -0.2) is 54.5 Å². The molecule has 1 rings (SSSR count). The topological polar surface area (TPSA) is 49.6 Å². The highest BCUT2D eigenvalue weighted by atomic mass is 16.2. The maximum atomic E-state index is 12.3. The van der Waals surface area contributed by atoms with Gasteiger partial charge in [-0.2, -0.15) is 0 Å². The van der Waals surface area contributed by atoms with Crippen LogP contribution < -0.4 is 5.73 Å². The van der Waals surface area contributed by atoms with Crippen molar-refractivity contribution in [1.82, 2.24) is 9.80 Å². The second-order valence-electron chi connectivity index (χ2n) is 5.12. The SMILES string of the molecule is CCCC(C)(N)C(=O)N1CCCN(C)CC1. The van der Waals surface area contributed by atoms with E-state index in [0.717, 1.165) is 45.4 Å². The molecule has 0 radical (unpaired) electrons. The van der Waals surface area contributed by atoms with Crippen LogP contribution in [-0.2, 0) is 4.79 Å². The van der Waals surface area contributed by atoms with E-state index in [2.05, 4.69) is 18.9 Å². The molecular weight excluding hydrogens is 202 g/mol. The third kappa shape index (κ3) is 3.46. The molecule has 2 N–H and O–H groups in total. The monoisotopic (exact) mass is 227 g/mol. The van der Waals surface area contributed by atoms with Gasteiger partial charge in [0.05, 0.1) is 5.54 Å². The van der Waals surface area contributed by atoms with Crippen molar-refractivity contribution in [1.29, 1.82) is 0 Å². The van der Waals surface area contributed by atoms with Gasteiger partial charge in [0, 0.05) is 19.6 Å². The number of carbonyl (C=O) groups excluding carboxylic acids is 1. The molecule has 0 aromatic heterocycles. The highest BCUT2D eigenvalue weighted by molar-refractivity contribution is 5.85. The lowest BCUT2D eigenvalue weighted by atomic mass is 9.95. The molecule has 1 fully saturated rings. The van der Waals surface area contributed by atoms with Crippen LogP contribution in [0.2, 0.25) is 0 Å². The molecule has 0 bridgehead atoms. The Morgan fingerprint density at radius 1 is 1.31 bits per heavy atom. The van der Waals surface area contributed by atoms with E-state index in [1.54, 1.807) is 0 Å². The number of nitrogens with two attached hydrogens (primary N) is 1. The zero-order valence-corrected chi connectivity index (χ0v) is 10.8. The van der Waals surface area contributed by atoms with E-state index >= 15 is 0 Å². The fraction of sp³-hybridized carbons (Fsp3) is 0.917. The fourth-order valence-corrected chi connectivity index (χ4v) is 2.24. The first-order valence-corrected chi connectivity index (χ1v) is 6.24. The van der Waals surface area contributed by atoms with Gasteiger partial charge < -0.3 is 15.5 Å². The van der Waals surface area contributed by atoms with E-state index in [0.29, 0.717) is 0 Å². The maximum Gasteiger partial charge on any atom is 0.242 e. The Labute approximate surface area is 98.8 Å². The molecule has 94 valence electrons. The van der Waals surface area contributed by atoms with Gasteiger partial charge in [-0.05, 0) is 33.4 Å². The molecule has 1 aliphatic heterocycles. The van der Waals surface area contributed by atoms with Gasteiger partial charge in [0.1, 0.15) is 0 Å². The molecule has 0 saturated carbocycles. The van der Waals surface area contributed by atoms with Crippen molar-refractivity contribution >= 4 is 5.91 Å². The minimum atomic E-state index is -0.683. The third-order valence-corrected chi connectivity index (χ3v) is 3.26. The maximum absolute atomic E-state index is 12.3. The first kappa shape index (κ1) is 13.5. The van der Waals surface area contributed by atoms with Crippen molar-refractivity contribution in [3.63, 3.8) is 0 Å². The highest BCUT2D eigenvalue weighted by Crippen LogP contribution is 2.14. The summed E-state index contributed by atoms with van der Waals surface area (Å²) >= 11 is 0. The Hall–Kier alpha value is -0.610. The molecule has 1 amide bonds. The summed E-state index contributed by atoms with van der Waals surface area (Å²) in [7, 11) is 2.10. The Kier molecular flexibility index (Phi) is 4.74. The summed E-state index contributed by atoms with van der Waals surface area (Å²) in [6.07, 6.45) is 2.76. The van der Waals surface area contributed by atoms with Gasteiger partial charge in [0.15, 0.2) is 0 Å². The van der Waals surface area contributed by atoms with Gasteiger partial charge in [0.25, 0.3) is 0 Å². The third-order valence-electron chi connectivity index (χ3n) is 3.26. The fourth-order valence-electron chi connectivity index (χ4n) is 2.24. The van der Waals surface area contributed by atoms with E-state index in [9.17, 15) is 4.79 Å². The summed E-state index contributed by atoms with van der Waals surface area (Å²) in [6.45, 7) is 7.60. The van der Waals surface area contributed by atoms with Crippen molar-refractivity contribution in [3.8, 4) is 0 Å². The molecule has 4 heteroatoms. The van der Waals surface area contributed by atoms with E-state index in [1.165, 1.54) is 0 Å². The highest BCUT2D eigenvalue weighted by Gasteiger charge is 2.32. The molecule has 0 aliphatic carbocycles. The van der Waals surface area contributed by atoms with E-state index in [4.69, 9.17) is 5.73 Å². The second-order valence-corrected chi connectivity index (χ2v) is 5.12. The smallest absolute Gasteiger partial charge is 0.242 e. The number of rotatable bonds is 3. The summed E-state index contributed by atoms with van der Waals surface area (Å²) in [6, 6.07) is 0. The van der Waals surface area contributed by atoms with Crippen LogP contribution in [0.5, 0.6) is 0 Å². The summed E-state index contributed by atoms with van der Waals surface area (Å²) in [5.41, 5.74) is 5.40. The minimum Gasteiger partial charge on any atom is -0.340 e. The molecule has 0 aromatic carbocycles. The van der Waals surface area contributed by atoms with Gasteiger partial charge in [-0.3, -0.25) is 4.79 Å². The Morgan fingerprint density at radius 2 is 2.00 bits per heavy atom. The largest absolute Gasteiger partial charge is 0.340 e. The van der Waals surface area contributed by atoms with Crippen LogP contribution in [0.15, 0.2) is 0 Å². The second kappa shape index (κ2) is 5.64. The lowest BCUT2D eigenvalue weighted by Crippen LogP contribution is -2.53. The van der Waals surface area contributed by atoms with E-state index in [-0.39, 0.29) is 5.91 Å². The van der Waals surface area contributed by atoms with Crippen molar-refractivity contribution < 1.29 is 4.79 Å². The molecule has 16 heavy (non-hydrogen) atoms. The number of hydrogen-bond acceptors (Lipinski definition) is 3. The van der Waals surface area contributed by atoms with Crippen molar-refractivity contribution in [2.45, 2.75) is 38.6 Å². The van der Waals surface area contributed by atoms with Crippen molar-refractivity contribution in [2.75, 3.05) is 33.2 Å². The molecule has 1 heterocycles. The predicted octanol–water partition coefficient (Wildman–Crippen LogP) is 0.668. The predicted molar refractivity (Wildman–Crippen MR) is 66.2 cm³/mol. The normalized spacial score (nSPS) is 22.6. The lowest BCUT2D eigenvalue weighted by Gasteiger charge is -2.30. The van der Waals surface area contributed by atoms with Crippen LogP contribution in [0.4, 0.5) is 0 Å². The molecule has 1 atom stereocenters. The van der Waals surface area contributed by atoms with Crippen molar-refractivity contribution in [3.05, 3.63) is 0 Å². The van der Waals surface area contributed by atoms with Gasteiger partial charge in [-0.25, -0.2) is 0 Å². The van der Waals surface area contributed by atoms with Gasteiger partial charge in [-0.15, -0.1) is 0 Å². The van der Waals surface area contributed by atoms with Crippen LogP contribution in [0.25, 0.3) is 0 Å². The average molecular weight is 227 g/mol. The lowest BCUT2D eigenvalue weighted by molar-refractivity contribution is -0.136. The van der Waals surface area contributed by atoms with E-state index < -0.39 is 5.54 Å². The van der Waals surface area contributed by atoms with Crippen LogP contribution in [0, 0.1) is 0 Å². The Morgan fingerprint density at radius 3 is 2.62 bits per heavy atom. The number of hydrogen-bond donors (Lipinski definition) is 1. The molecule has 1 saturated heterocycles. The van der Waals surface area contributed by atoms with Crippen LogP contribution in [0.3, 0.4) is 0 Å². The van der Waals surface area contributed by atoms with Gasteiger partial charge >= 0.3 is 0 Å². The van der Waals surface area contributed by atoms with Crippen LogP contribution in [0.1, 0.15) is 33.1 Å². The molecule has 4 nitrogen and oxygen atoms in total. The quantitative estimate of drug-likeness (QED) is 0.771. The first-order valence-electron chi connectivity index (χ1n) is 6.24. The first-order chi connectivity index (χ1) is 7.47. The standard InChI is InChI=1S/C12H25N3O/c1-4-6-12(2,13)11(16)15-8-5-7-14(3)9-10-15/h4-10,13H2,1-3H3. The molecule has 0 aromatic rings. The summed E-state index contributed by atoms with van der Waals surface area (Å²) in [5, 5.41) is 0. The number of likely N-dealkylation sites (N-methyl/N-ethyl adjacent to an activating group) is 1. The average Bonchev–Trinajstić information content (AvgIpc) is 2.42. The zero-order valence-electron chi connectivity index (χ0n) is 10.8. The van der Waals surface area contributed by atoms with Crippen molar-refractivity contribution in [2.24, 2.45) is 5.73 Å².